The molecule has 0 radical (unpaired) electrons. The van der Waals surface area contributed by atoms with Gasteiger partial charge in [0, 0.05) is 10.1 Å². The van der Waals surface area contributed by atoms with Gasteiger partial charge in [-0.3, -0.25) is 0 Å². The molecule has 2 rings (SSSR count). The molecule has 0 atom stereocenters. The van der Waals surface area contributed by atoms with Gasteiger partial charge in [-0.25, -0.2) is 18.4 Å². The zero-order chi connectivity index (χ0) is 13.5. The summed E-state index contributed by atoms with van der Waals surface area (Å²) in [5.74, 6) is -0.550. The van der Waals surface area contributed by atoms with Gasteiger partial charge >= 0.3 is 5.97 Å². The van der Waals surface area contributed by atoms with E-state index in [0.29, 0.717) is 10.1 Å². The van der Waals surface area contributed by atoms with Crippen LogP contribution in [0.2, 0.25) is 0 Å². The largest absolute Gasteiger partial charge is 0.465 e. The van der Waals surface area contributed by atoms with Crippen LogP contribution in [0.25, 0.3) is 10.1 Å². The van der Waals surface area contributed by atoms with Gasteiger partial charge in [-0.15, -0.1) is 11.3 Å². The smallest absolute Gasteiger partial charge is 0.350 e. The van der Waals surface area contributed by atoms with Crippen molar-refractivity contribution in [2.75, 3.05) is 12.8 Å². The quantitative estimate of drug-likeness (QED) is 0.797. The Balaban J connectivity index is 2.72. The van der Waals surface area contributed by atoms with E-state index in [1.807, 2.05) is 0 Å². The molecule has 6 nitrogen and oxygen atoms in total. The third-order valence-corrected chi connectivity index (χ3v) is 4.47. The van der Waals surface area contributed by atoms with Crippen LogP contribution in [0.4, 0.5) is 5.69 Å². The third-order valence-electron chi connectivity index (χ3n) is 2.40. The van der Waals surface area contributed by atoms with Gasteiger partial charge in [0.2, 0.25) is 10.0 Å². The van der Waals surface area contributed by atoms with Crippen LogP contribution in [0.15, 0.2) is 23.1 Å². The van der Waals surface area contributed by atoms with E-state index >= 15 is 0 Å². The molecule has 1 heterocycles. The molecule has 96 valence electrons. The maximum Gasteiger partial charge on any atom is 0.350 e. The number of carbonyl (C=O) groups excluding carboxylic acids is 1. The Labute approximate surface area is 107 Å². The standard InChI is InChI=1S/C10H10N2O4S2/c1-16-10(13)9-8(11)6-4-5(18(12,14)15)2-3-7(6)17-9/h2-4H,11H2,1H3,(H2,12,14,15). The molecular weight excluding hydrogens is 276 g/mol. The lowest BCUT2D eigenvalue weighted by Gasteiger charge is -1.99. The molecule has 0 bridgehead atoms. The van der Waals surface area contributed by atoms with Crippen molar-refractivity contribution < 1.29 is 17.9 Å². The Morgan fingerprint density at radius 3 is 2.61 bits per heavy atom. The number of primary sulfonamides is 1. The molecule has 0 aliphatic carbocycles. The van der Waals surface area contributed by atoms with Crippen molar-refractivity contribution in [3.63, 3.8) is 0 Å². The maximum atomic E-state index is 11.5. The molecule has 0 amide bonds. The Morgan fingerprint density at radius 2 is 2.06 bits per heavy atom. The van der Waals surface area contributed by atoms with Gasteiger partial charge in [0.15, 0.2) is 0 Å². The fourth-order valence-corrected chi connectivity index (χ4v) is 3.08. The van der Waals surface area contributed by atoms with Gasteiger partial charge in [0.25, 0.3) is 0 Å². The third kappa shape index (κ3) is 2.05. The van der Waals surface area contributed by atoms with E-state index in [0.717, 1.165) is 11.3 Å². The minimum atomic E-state index is -3.79. The highest BCUT2D eigenvalue weighted by Crippen LogP contribution is 2.35. The van der Waals surface area contributed by atoms with E-state index in [4.69, 9.17) is 10.9 Å². The lowest BCUT2D eigenvalue weighted by molar-refractivity contribution is 0.0607. The molecule has 0 unspecified atom stereocenters. The normalized spacial score (nSPS) is 11.7. The van der Waals surface area contributed by atoms with Crippen LogP contribution in [0, 0.1) is 0 Å². The number of hydrogen-bond acceptors (Lipinski definition) is 6. The highest BCUT2D eigenvalue weighted by atomic mass is 32.2. The molecule has 18 heavy (non-hydrogen) atoms. The van der Waals surface area contributed by atoms with E-state index < -0.39 is 16.0 Å². The number of esters is 1. The summed E-state index contributed by atoms with van der Waals surface area (Å²) in [5.41, 5.74) is 6.00. The van der Waals surface area contributed by atoms with Gasteiger partial charge in [-0.05, 0) is 18.2 Å². The van der Waals surface area contributed by atoms with Gasteiger partial charge < -0.3 is 10.5 Å². The number of rotatable bonds is 2. The van der Waals surface area contributed by atoms with Crippen molar-refractivity contribution in [1.29, 1.82) is 0 Å². The molecule has 8 heteroatoms. The predicted molar refractivity (Wildman–Crippen MR) is 69.0 cm³/mol. The number of ether oxygens (including phenoxy) is 1. The number of nitrogen functional groups attached to an aromatic ring is 1. The maximum absolute atomic E-state index is 11.5. The van der Waals surface area contributed by atoms with Gasteiger partial charge in [0.1, 0.15) is 4.88 Å². The average Bonchev–Trinajstić information content (AvgIpc) is 2.64. The first kappa shape index (κ1) is 12.8. The number of sulfonamides is 1. The molecule has 0 aliphatic rings. The van der Waals surface area contributed by atoms with Crippen LogP contribution in [0.5, 0.6) is 0 Å². The first-order valence-corrected chi connectivity index (χ1v) is 7.14. The lowest BCUT2D eigenvalue weighted by atomic mass is 10.2. The second-order valence-electron chi connectivity index (χ2n) is 3.54. The van der Waals surface area contributed by atoms with E-state index in [-0.39, 0.29) is 15.5 Å². The zero-order valence-corrected chi connectivity index (χ0v) is 11.0. The van der Waals surface area contributed by atoms with Crippen LogP contribution < -0.4 is 10.9 Å². The van der Waals surface area contributed by atoms with Crippen molar-refractivity contribution in [3.05, 3.63) is 23.1 Å². The number of thiophene rings is 1. The summed E-state index contributed by atoms with van der Waals surface area (Å²) in [6, 6.07) is 4.28. The number of anilines is 1. The number of fused-ring (bicyclic) bond motifs is 1. The molecule has 0 aliphatic heterocycles. The van der Waals surface area contributed by atoms with Crippen LogP contribution in [-0.2, 0) is 14.8 Å². The fourth-order valence-electron chi connectivity index (χ4n) is 1.52. The summed E-state index contributed by atoms with van der Waals surface area (Å²) < 4.78 is 27.8. The summed E-state index contributed by atoms with van der Waals surface area (Å²) in [6.07, 6.45) is 0. The topological polar surface area (TPSA) is 112 Å². The second kappa shape index (κ2) is 4.23. The van der Waals surface area contributed by atoms with Crippen LogP contribution >= 0.6 is 11.3 Å². The zero-order valence-electron chi connectivity index (χ0n) is 9.34. The number of nitrogens with two attached hydrogens (primary N) is 2. The minimum absolute atomic E-state index is 0.0454. The Bertz CT molecular complexity index is 734. The second-order valence-corrected chi connectivity index (χ2v) is 6.15. The molecule has 1 aromatic carbocycles. The van der Waals surface area contributed by atoms with Crippen molar-refractivity contribution in [1.82, 2.24) is 0 Å². The van der Waals surface area contributed by atoms with Gasteiger partial charge in [-0.2, -0.15) is 0 Å². The molecule has 0 saturated heterocycles. The van der Waals surface area contributed by atoms with E-state index in [1.165, 1.54) is 19.2 Å². The summed E-state index contributed by atoms with van der Waals surface area (Å²) in [7, 11) is -2.54. The number of methoxy groups -OCH3 is 1. The van der Waals surface area contributed by atoms with Gasteiger partial charge in [0.05, 0.1) is 17.7 Å². The summed E-state index contributed by atoms with van der Waals surface area (Å²) in [4.78, 5) is 11.7. The lowest BCUT2D eigenvalue weighted by Crippen LogP contribution is -2.11. The summed E-state index contributed by atoms with van der Waals surface area (Å²) in [6.45, 7) is 0. The van der Waals surface area contributed by atoms with Gasteiger partial charge in [-0.1, -0.05) is 0 Å². The van der Waals surface area contributed by atoms with Crippen LogP contribution in [0.3, 0.4) is 0 Å². The highest BCUT2D eigenvalue weighted by molar-refractivity contribution is 7.89. The molecule has 1 aromatic heterocycles. The van der Waals surface area contributed by atoms with E-state index in [2.05, 4.69) is 4.74 Å². The summed E-state index contributed by atoms with van der Waals surface area (Å²) in [5, 5.41) is 5.51. The van der Waals surface area contributed by atoms with Crippen molar-refractivity contribution in [3.8, 4) is 0 Å². The minimum Gasteiger partial charge on any atom is -0.465 e. The SMILES string of the molecule is COC(=O)c1sc2ccc(S(N)(=O)=O)cc2c1N. The first-order chi connectivity index (χ1) is 8.34. The Kier molecular flexibility index (Phi) is 3.01. The highest BCUT2D eigenvalue weighted by Gasteiger charge is 2.18. The predicted octanol–water partition coefficient (Wildman–Crippen LogP) is 0.918. The Hall–Kier alpha value is -1.64. The van der Waals surface area contributed by atoms with Crippen molar-refractivity contribution in [2.45, 2.75) is 4.90 Å². The molecule has 0 saturated carbocycles. The number of hydrogen-bond donors (Lipinski definition) is 2. The van der Waals surface area contributed by atoms with E-state index in [9.17, 15) is 13.2 Å². The first-order valence-electron chi connectivity index (χ1n) is 4.77. The summed E-state index contributed by atoms with van der Waals surface area (Å²) >= 11 is 1.14. The Morgan fingerprint density at radius 1 is 1.39 bits per heavy atom. The molecule has 4 N–H and O–H groups in total. The monoisotopic (exact) mass is 286 g/mol. The number of carbonyl (C=O) groups is 1. The molecule has 0 spiro atoms. The number of benzene rings is 1. The molecule has 0 fully saturated rings. The van der Waals surface area contributed by atoms with Crippen LogP contribution in [0.1, 0.15) is 9.67 Å². The van der Waals surface area contributed by atoms with Crippen molar-refractivity contribution in [2.24, 2.45) is 5.14 Å². The fraction of sp³-hybridized carbons (Fsp3) is 0.100. The molecule has 2 aromatic rings. The van der Waals surface area contributed by atoms with Crippen LogP contribution in [-0.4, -0.2) is 21.5 Å². The average molecular weight is 286 g/mol. The van der Waals surface area contributed by atoms with E-state index in [1.54, 1.807) is 6.07 Å². The molecular formula is C10H10N2O4S2. The van der Waals surface area contributed by atoms with Crippen molar-refractivity contribution >= 4 is 43.1 Å².